The van der Waals surface area contributed by atoms with Crippen LogP contribution in [0.25, 0.3) is 10.9 Å². The first-order chi connectivity index (χ1) is 11.0. The van der Waals surface area contributed by atoms with Crippen LogP contribution in [0.5, 0.6) is 5.88 Å². The fraction of sp³-hybridized carbons (Fsp3) is 0.412. The molecule has 0 radical (unpaired) electrons. The molecule has 0 saturated carbocycles. The number of carbonyl (C=O) groups is 1. The Labute approximate surface area is 142 Å². The molecule has 0 unspecified atom stereocenters. The number of alkyl halides is 1. The molecule has 0 saturated heterocycles. The Morgan fingerprint density at radius 1 is 1.43 bits per heavy atom. The molecule has 1 aromatic carbocycles. The number of nitrogens with one attached hydrogen (secondary N) is 1. The maximum atomic E-state index is 12.8. The monoisotopic (exact) mass is 378 g/mol. The van der Waals surface area contributed by atoms with Crippen molar-refractivity contribution < 1.29 is 9.53 Å². The van der Waals surface area contributed by atoms with Crippen molar-refractivity contribution in [2.24, 2.45) is 5.92 Å². The average Bonchev–Trinajstić information content (AvgIpc) is 2.97. The van der Waals surface area contributed by atoms with E-state index in [1.54, 1.807) is 6.07 Å². The lowest BCUT2D eigenvalue weighted by Gasteiger charge is -2.13. The molecule has 0 fully saturated rings. The number of hydrogen-bond acceptors (Lipinski definition) is 3. The van der Waals surface area contributed by atoms with Crippen LogP contribution in [0.1, 0.15) is 24.2 Å². The lowest BCUT2D eigenvalue weighted by Crippen LogP contribution is -2.32. The summed E-state index contributed by atoms with van der Waals surface area (Å²) in [6.07, 6.45) is -0.0862. The summed E-state index contributed by atoms with van der Waals surface area (Å²) < 4.78 is 7.78. The molecule has 0 aliphatic carbocycles. The summed E-state index contributed by atoms with van der Waals surface area (Å²) in [7, 11) is 0. The van der Waals surface area contributed by atoms with Crippen LogP contribution in [0.4, 0.5) is 0 Å². The Hall–Kier alpha value is -1.82. The minimum absolute atomic E-state index is 0.0862. The summed E-state index contributed by atoms with van der Waals surface area (Å²) in [6, 6.07) is 7.33. The standard InChI is InChI=1S/C17H19BrN2O3/c1-10(2)8-19-16(22)14-15(21)12-5-3-4-6-13(12)20-9-11(7-18)23-17(14)20/h3-6,10-11H,7-9H2,1-2H3,(H,19,22)/t11-/m0/s1. The van der Waals surface area contributed by atoms with Crippen LogP contribution < -0.4 is 15.5 Å². The molecule has 1 amide bonds. The van der Waals surface area contributed by atoms with Gasteiger partial charge in [0.2, 0.25) is 11.3 Å². The van der Waals surface area contributed by atoms with Gasteiger partial charge in [0.1, 0.15) is 11.7 Å². The highest BCUT2D eigenvalue weighted by molar-refractivity contribution is 9.09. The maximum Gasteiger partial charge on any atom is 0.260 e. The van der Waals surface area contributed by atoms with Crippen LogP contribution in [0, 0.1) is 5.92 Å². The molecule has 0 spiro atoms. The Kier molecular flexibility index (Phi) is 4.43. The highest BCUT2D eigenvalue weighted by Gasteiger charge is 2.31. The summed E-state index contributed by atoms with van der Waals surface area (Å²) in [4.78, 5) is 25.4. The first-order valence-electron chi connectivity index (χ1n) is 7.69. The number of ether oxygens (including phenoxy) is 1. The van der Waals surface area contributed by atoms with Gasteiger partial charge in [-0.2, -0.15) is 0 Å². The quantitative estimate of drug-likeness (QED) is 0.831. The number of halogens is 1. The predicted molar refractivity (Wildman–Crippen MR) is 93.6 cm³/mol. The van der Waals surface area contributed by atoms with Crippen molar-refractivity contribution in [1.82, 2.24) is 9.88 Å². The normalized spacial score (nSPS) is 16.4. The molecule has 0 bridgehead atoms. The second kappa shape index (κ2) is 6.35. The van der Waals surface area contributed by atoms with Crippen LogP contribution >= 0.6 is 15.9 Å². The molecule has 23 heavy (non-hydrogen) atoms. The van der Waals surface area contributed by atoms with Gasteiger partial charge in [0.15, 0.2) is 0 Å². The molecule has 6 heteroatoms. The maximum absolute atomic E-state index is 12.8. The lowest BCUT2D eigenvalue weighted by atomic mass is 10.1. The molecule has 1 atom stereocenters. The minimum Gasteiger partial charge on any atom is -0.472 e. The van der Waals surface area contributed by atoms with Crippen molar-refractivity contribution in [3.8, 4) is 5.88 Å². The molecule has 3 rings (SSSR count). The van der Waals surface area contributed by atoms with Gasteiger partial charge in [-0.3, -0.25) is 9.59 Å². The molecule has 2 aromatic rings. The number of carbonyl (C=O) groups excluding carboxylic acids is 1. The van der Waals surface area contributed by atoms with Gasteiger partial charge in [-0.15, -0.1) is 0 Å². The summed E-state index contributed by atoms with van der Waals surface area (Å²) >= 11 is 3.41. The van der Waals surface area contributed by atoms with Gasteiger partial charge in [-0.1, -0.05) is 41.9 Å². The van der Waals surface area contributed by atoms with Crippen LogP contribution in [-0.4, -0.2) is 28.5 Å². The van der Waals surface area contributed by atoms with Crippen molar-refractivity contribution in [2.75, 3.05) is 11.9 Å². The van der Waals surface area contributed by atoms with E-state index in [9.17, 15) is 9.59 Å². The average molecular weight is 379 g/mol. The molecule has 5 nitrogen and oxygen atoms in total. The molecular weight excluding hydrogens is 360 g/mol. The fourth-order valence-corrected chi connectivity index (χ4v) is 3.08. The number of nitrogens with zero attached hydrogens (tertiary/aromatic N) is 1. The van der Waals surface area contributed by atoms with E-state index < -0.39 is 0 Å². The van der Waals surface area contributed by atoms with Gasteiger partial charge in [0, 0.05) is 17.3 Å². The second-order valence-corrected chi connectivity index (χ2v) is 6.78. The van der Waals surface area contributed by atoms with Crippen molar-refractivity contribution in [2.45, 2.75) is 26.5 Å². The number of hydrogen-bond donors (Lipinski definition) is 1. The van der Waals surface area contributed by atoms with Crippen LogP contribution in [0.3, 0.4) is 0 Å². The third-order valence-electron chi connectivity index (χ3n) is 3.86. The van der Waals surface area contributed by atoms with E-state index in [4.69, 9.17) is 4.74 Å². The van der Waals surface area contributed by atoms with E-state index in [1.165, 1.54) is 0 Å². The summed E-state index contributed by atoms with van der Waals surface area (Å²) in [5.74, 6) is 0.319. The number of amides is 1. The second-order valence-electron chi connectivity index (χ2n) is 6.14. The van der Waals surface area contributed by atoms with Gasteiger partial charge in [-0.05, 0) is 18.1 Å². The number of benzene rings is 1. The highest BCUT2D eigenvalue weighted by Crippen LogP contribution is 2.30. The molecule has 122 valence electrons. The summed E-state index contributed by atoms with van der Waals surface area (Å²) in [5.41, 5.74) is 0.632. The molecule has 2 heterocycles. The SMILES string of the molecule is CC(C)CNC(=O)c1c2n(c3ccccc3c1=O)C[C@H](CBr)O2. The Balaban J connectivity index is 2.16. The third-order valence-corrected chi connectivity index (χ3v) is 4.58. The van der Waals surface area contributed by atoms with E-state index in [-0.39, 0.29) is 23.0 Å². The Bertz CT molecular complexity index is 813. The van der Waals surface area contributed by atoms with Crippen molar-refractivity contribution in [3.05, 3.63) is 40.1 Å². The zero-order valence-corrected chi connectivity index (χ0v) is 14.7. The molecular formula is C17H19BrN2O3. The van der Waals surface area contributed by atoms with Gasteiger partial charge in [0.05, 0.1) is 12.1 Å². The van der Waals surface area contributed by atoms with Crippen LogP contribution in [0.15, 0.2) is 29.1 Å². The first-order valence-corrected chi connectivity index (χ1v) is 8.81. The van der Waals surface area contributed by atoms with E-state index in [0.29, 0.717) is 35.6 Å². The van der Waals surface area contributed by atoms with Gasteiger partial charge >= 0.3 is 0 Å². The van der Waals surface area contributed by atoms with Crippen LogP contribution in [0.2, 0.25) is 0 Å². The number of pyridine rings is 1. The number of rotatable bonds is 4. The fourth-order valence-electron chi connectivity index (χ4n) is 2.75. The van der Waals surface area contributed by atoms with Gasteiger partial charge in [0.25, 0.3) is 5.91 Å². The molecule has 1 aliphatic heterocycles. The third kappa shape index (κ3) is 2.87. The zero-order chi connectivity index (χ0) is 16.6. The number of aromatic nitrogens is 1. The number of para-hydroxylation sites is 1. The van der Waals surface area contributed by atoms with E-state index in [0.717, 1.165) is 5.52 Å². The smallest absolute Gasteiger partial charge is 0.260 e. The zero-order valence-electron chi connectivity index (χ0n) is 13.1. The van der Waals surface area contributed by atoms with Crippen molar-refractivity contribution in [1.29, 1.82) is 0 Å². The summed E-state index contributed by atoms with van der Waals surface area (Å²) in [6.45, 7) is 5.16. The Morgan fingerprint density at radius 2 is 2.17 bits per heavy atom. The van der Waals surface area contributed by atoms with Crippen molar-refractivity contribution >= 4 is 32.7 Å². The largest absolute Gasteiger partial charge is 0.472 e. The first kappa shape index (κ1) is 16.1. The van der Waals surface area contributed by atoms with E-state index >= 15 is 0 Å². The highest BCUT2D eigenvalue weighted by atomic mass is 79.9. The summed E-state index contributed by atoms with van der Waals surface area (Å²) in [5, 5.41) is 4.01. The molecule has 1 aromatic heterocycles. The Morgan fingerprint density at radius 3 is 2.87 bits per heavy atom. The van der Waals surface area contributed by atoms with E-state index in [2.05, 4.69) is 21.2 Å². The minimum atomic E-state index is -0.367. The topological polar surface area (TPSA) is 60.3 Å². The van der Waals surface area contributed by atoms with Crippen molar-refractivity contribution in [3.63, 3.8) is 0 Å². The van der Waals surface area contributed by atoms with Gasteiger partial charge in [-0.25, -0.2) is 0 Å². The van der Waals surface area contributed by atoms with Gasteiger partial charge < -0.3 is 14.6 Å². The van der Waals surface area contributed by atoms with E-state index in [1.807, 2.05) is 36.6 Å². The number of fused-ring (bicyclic) bond motifs is 3. The van der Waals surface area contributed by atoms with Crippen LogP contribution in [-0.2, 0) is 6.54 Å². The predicted octanol–water partition coefficient (Wildman–Crippen LogP) is 2.54. The molecule has 1 N–H and O–H groups in total. The lowest BCUT2D eigenvalue weighted by molar-refractivity contribution is 0.0943. The molecule has 1 aliphatic rings.